The summed E-state index contributed by atoms with van der Waals surface area (Å²) in [7, 11) is 0. The van der Waals surface area contributed by atoms with Crippen LogP contribution in [0.3, 0.4) is 0 Å². The Morgan fingerprint density at radius 1 is 0.486 bits per heavy atom. The summed E-state index contributed by atoms with van der Waals surface area (Å²) in [6.45, 7) is 1.07. The molecule has 11 nitrogen and oxygen atoms in total. The van der Waals surface area contributed by atoms with Gasteiger partial charge in [0, 0.05) is 55.4 Å². The van der Waals surface area contributed by atoms with E-state index in [4.69, 9.17) is 9.47 Å². The molecule has 14 heteroatoms. The van der Waals surface area contributed by atoms with Gasteiger partial charge in [0.2, 0.25) is 0 Å². The van der Waals surface area contributed by atoms with E-state index in [9.17, 15) is 33.8 Å². The van der Waals surface area contributed by atoms with Crippen molar-refractivity contribution >= 4 is 56.7 Å². The number of anilines is 2. The molecule has 9 aromatic rings. The van der Waals surface area contributed by atoms with Gasteiger partial charge in [-0.15, -0.1) is 0 Å². The summed E-state index contributed by atoms with van der Waals surface area (Å²) < 4.78 is 27.9. The Morgan fingerprint density at radius 3 is 1.33 bits per heavy atom. The van der Waals surface area contributed by atoms with E-state index in [-0.39, 0.29) is 73.0 Å². The second-order valence-electron chi connectivity index (χ2n) is 16.6. The maximum atomic E-state index is 13.9. The molecular weight excluding hydrogens is 900 g/mol. The van der Waals surface area contributed by atoms with Crippen LogP contribution in [0.1, 0.15) is 43.0 Å². The minimum absolute atomic E-state index is 0. The number of hydrogen-bond acceptors (Lipinski definition) is 10. The van der Waals surface area contributed by atoms with Crippen LogP contribution in [0.4, 0.5) is 15.8 Å². The van der Waals surface area contributed by atoms with E-state index in [1.54, 1.807) is 97.1 Å². The second kappa shape index (κ2) is 23.9. The number of hydrogen-bond donors (Lipinski definition) is 2. The predicted octanol–water partition coefficient (Wildman–Crippen LogP) is 2.82. The van der Waals surface area contributed by atoms with Gasteiger partial charge in [-0.05, 0) is 133 Å². The third-order valence-electron chi connectivity index (χ3n) is 12.0. The standard InChI is InChI=1S/C58H46FN3O8.2Li/c59-41-25-21-39(22-26-41)55(63)47-11-1-5-13-49(47)60-52(58(67)68)36-38-19-29-43(30-20-38)70-44-31-23-40(24-32-44)56(64)48-12-2-6-14-50(48)61-51(57(65)66)35-37-17-27-42(28-18-37)69-34-33-62-53-15-7-3-9-45(53)46-10-4-8-16-54(46)62;;/h1-32,51-52,60-61H,33-36H2,(H,65,66)(H,67,68);;/q;2*+1/p-2. The molecule has 0 aliphatic rings. The third kappa shape index (κ3) is 12.2. The minimum Gasteiger partial charge on any atom is -0.548 e. The summed E-state index contributed by atoms with van der Waals surface area (Å²) in [6.07, 6.45) is 0.109. The number of nitrogens with zero attached hydrogens (tertiary/aromatic N) is 1. The quantitative estimate of drug-likeness (QED) is 0.0860. The van der Waals surface area contributed by atoms with Crippen LogP contribution >= 0.6 is 0 Å². The van der Waals surface area contributed by atoms with Crippen LogP contribution in [0.2, 0.25) is 0 Å². The van der Waals surface area contributed by atoms with Crippen molar-refractivity contribution < 1.29 is 81.0 Å². The first-order valence-corrected chi connectivity index (χ1v) is 22.6. The van der Waals surface area contributed by atoms with Crippen molar-refractivity contribution in [2.24, 2.45) is 0 Å². The van der Waals surface area contributed by atoms with Gasteiger partial charge in [0.1, 0.15) is 29.7 Å². The number of ether oxygens (including phenoxy) is 2. The molecule has 8 aromatic carbocycles. The summed E-state index contributed by atoms with van der Waals surface area (Å²) in [5.41, 5.74) is 5.39. The molecule has 2 atom stereocenters. The van der Waals surface area contributed by atoms with Gasteiger partial charge >= 0.3 is 37.7 Å². The zero-order valence-corrected chi connectivity index (χ0v) is 39.5. The number of aliphatic carboxylic acids is 2. The second-order valence-corrected chi connectivity index (χ2v) is 16.6. The van der Waals surface area contributed by atoms with Gasteiger partial charge in [-0.1, -0.05) is 84.9 Å². The van der Waals surface area contributed by atoms with Crippen molar-refractivity contribution in [3.05, 3.63) is 233 Å². The first kappa shape index (κ1) is 52.0. The fourth-order valence-electron chi connectivity index (χ4n) is 8.48. The molecule has 0 amide bonds. The number of nitrogens with one attached hydrogen (secondary N) is 2. The van der Waals surface area contributed by atoms with Gasteiger partial charge in [0.05, 0.1) is 30.6 Å². The molecule has 0 aliphatic carbocycles. The van der Waals surface area contributed by atoms with Gasteiger partial charge in [-0.2, -0.15) is 0 Å². The monoisotopic (exact) mass is 943 g/mol. The van der Waals surface area contributed by atoms with Crippen LogP contribution in [-0.2, 0) is 29.0 Å². The maximum Gasteiger partial charge on any atom is 1.00 e. The van der Waals surface area contributed by atoms with Gasteiger partial charge in [0.15, 0.2) is 11.6 Å². The Hall–Kier alpha value is -7.84. The van der Waals surface area contributed by atoms with Crippen LogP contribution in [0, 0.1) is 5.82 Å². The number of aromatic nitrogens is 1. The van der Waals surface area contributed by atoms with Gasteiger partial charge < -0.3 is 44.5 Å². The normalized spacial score (nSPS) is 11.6. The zero-order chi connectivity index (χ0) is 48.6. The fourth-order valence-corrected chi connectivity index (χ4v) is 8.48. The Morgan fingerprint density at radius 2 is 0.875 bits per heavy atom. The van der Waals surface area contributed by atoms with E-state index in [0.717, 1.165) is 16.6 Å². The summed E-state index contributed by atoms with van der Waals surface area (Å²) in [4.78, 5) is 51.8. The number of fused-ring (bicyclic) bond motifs is 3. The van der Waals surface area contributed by atoms with Crippen molar-refractivity contribution in [3.8, 4) is 17.2 Å². The van der Waals surface area contributed by atoms with E-state index in [1.165, 1.54) is 35.0 Å². The number of carbonyl (C=O) groups is 4. The van der Waals surface area contributed by atoms with Crippen molar-refractivity contribution in [1.82, 2.24) is 4.57 Å². The topological polar surface area (TPSA) is 162 Å². The summed E-state index contributed by atoms with van der Waals surface area (Å²) in [6, 6.07) is 53.1. The molecule has 72 heavy (non-hydrogen) atoms. The molecular formula is C58H44FLi2N3O8. The molecule has 9 rings (SSSR count). The van der Waals surface area contributed by atoms with E-state index in [0.29, 0.717) is 52.9 Å². The predicted molar refractivity (Wildman–Crippen MR) is 263 cm³/mol. The summed E-state index contributed by atoms with van der Waals surface area (Å²) in [5, 5.41) is 33.0. The van der Waals surface area contributed by atoms with Crippen molar-refractivity contribution in [3.63, 3.8) is 0 Å². The molecule has 0 saturated heterocycles. The molecule has 2 N–H and O–H groups in total. The van der Waals surface area contributed by atoms with Crippen LogP contribution in [0.15, 0.2) is 194 Å². The molecule has 0 fully saturated rings. The Kier molecular flexibility index (Phi) is 17.2. The molecule has 2 unspecified atom stereocenters. The number of halogens is 1. The van der Waals surface area contributed by atoms with Crippen LogP contribution in [0.25, 0.3) is 21.8 Å². The van der Waals surface area contributed by atoms with Crippen molar-refractivity contribution in [2.75, 3.05) is 17.2 Å². The molecule has 0 saturated carbocycles. The molecule has 0 bridgehead atoms. The SMILES string of the molecule is O=C(c1ccc(F)cc1)c1ccccc1NC(Cc1ccc(Oc2ccc(C(=O)c3ccccc3NC(Cc3ccc(OCCn4c5ccccc5c5ccccc54)cc3)C(=O)[O-])cc2)cc1)C(=O)[O-].[Li+].[Li+]. The molecule has 0 spiro atoms. The maximum absolute atomic E-state index is 13.9. The van der Waals surface area contributed by atoms with Gasteiger partial charge in [-0.3, -0.25) is 9.59 Å². The van der Waals surface area contributed by atoms with Gasteiger partial charge in [-0.25, -0.2) is 4.39 Å². The Balaban J connectivity index is 0.00000380. The minimum atomic E-state index is -1.37. The van der Waals surface area contributed by atoms with E-state index in [1.807, 2.05) is 48.5 Å². The number of rotatable bonds is 20. The largest absolute Gasteiger partial charge is 1.00 e. The number of carboxylic acid groups (broad SMARTS) is 2. The summed E-state index contributed by atoms with van der Waals surface area (Å²) in [5.74, 6) is -2.36. The van der Waals surface area contributed by atoms with E-state index >= 15 is 0 Å². The molecule has 1 heterocycles. The smallest absolute Gasteiger partial charge is 0.548 e. The Bertz CT molecular complexity index is 3290. The number of para-hydroxylation sites is 4. The fraction of sp³-hybridized carbons (Fsp3) is 0.103. The van der Waals surface area contributed by atoms with Crippen LogP contribution in [0.5, 0.6) is 17.2 Å². The first-order chi connectivity index (χ1) is 34.1. The average Bonchev–Trinajstić information content (AvgIpc) is 3.70. The first-order valence-electron chi connectivity index (χ1n) is 22.6. The van der Waals surface area contributed by atoms with E-state index < -0.39 is 35.6 Å². The molecule has 1 aromatic heterocycles. The molecule has 0 aliphatic heterocycles. The van der Waals surface area contributed by atoms with Crippen molar-refractivity contribution in [2.45, 2.75) is 31.5 Å². The number of carboxylic acids is 2. The summed E-state index contributed by atoms with van der Waals surface area (Å²) >= 11 is 0. The van der Waals surface area contributed by atoms with Crippen molar-refractivity contribution in [1.29, 1.82) is 0 Å². The zero-order valence-electron chi connectivity index (χ0n) is 39.5. The average molecular weight is 944 g/mol. The number of ketones is 2. The van der Waals surface area contributed by atoms with Crippen LogP contribution in [-0.4, -0.2) is 46.8 Å². The molecule has 0 radical (unpaired) electrons. The van der Waals surface area contributed by atoms with E-state index in [2.05, 4.69) is 39.5 Å². The molecule has 348 valence electrons. The number of carbonyl (C=O) groups excluding carboxylic acids is 4. The Labute approximate surface area is 439 Å². The third-order valence-corrected chi connectivity index (χ3v) is 12.0. The van der Waals surface area contributed by atoms with Crippen LogP contribution < -0.4 is 68.0 Å². The number of benzene rings is 8. The van der Waals surface area contributed by atoms with Gasteiger partial charge in [0.25, 0.3) is 0 Å².